The fourth-order valence-electron chi connectivity index (χ4n) is 2.85. The second-order valence-corrected chi connectivity index (χ2v) is 6.97. The first kappa shape index (κ1) is 16.0. The van der Waals surface area contributed by atoms with Crippen LogP contribution in [0.15, 0.2) is 0 Å². The predicted molar refractivity (Wildman–Crippen MR) is 78.9 cm³/mol. The third-order valence-corrected chi connectivity index (χ3v) is 3.95. The summed E-state index contributed by atoms with van der Waals surface area (Å²) in [5.74, 6) is 1.57. The number of ether oxygens (including phenoxy) is 1. The van der Waals surface area contributed by atoms with Gasteiger partial charge in [-0.05, 0) is 37.6 Å². The maximum Gasteiger partial charge on any atom is 0.0534 e. The Labute approximate surface area is 114 Å². The maximum atomic E-state index is 5.76. The Kier molecular flexibility index (Phi) is 7.25. The molecule has 1 heterocycles. The molecule has 0 spiro atoms. The lowest BCUT2D eigenvalue weighted by Gasteiger charge is -2.38. The van der Waals surface area contributed by atoms with Crippen LogP contribution in [0.1, 0.15) is 59.8 Å². The first-order valence-electron chi connectivity index (χ1n) is 7.82. The first-order valence-corrected chi connectivity index (χ1v) is 7.82. The molecule has 1 saturated heterocycles. The van der Waals surface area contributed by atoms with Crippen molar-refractivity contribution in [2.24, 2.45) is 17.3 Å². The van der Waals surface area contributed by atoms with E-state index in [4.69, 9.17) is 4.74 Å². The molecule has 1 aliphatic heterocycles. The highest BCUT2D eigenvalue weighted by molar-refractivity contribution is 4.84. The van der Waals surface area contributed by atoms with Crippen LogP contribution < -0.4 is 5.32 Å². The maximum absolute atomic E-state index is 5.76. The smallest absolute Gasteiger partial charge is 0.0534 e. The Balaban J connectivity index is 2.36. The summed E-state index contributed by atoms with van der Waals surface area (Å²) in [5.41, 5.74) is 0.419. The van der Waals surface area contributed by atoms with Crippen LogP contribution in [0, 0.1) is 17.3 Å². The highest BCUT2D eigenvalue weighted by Gasteiger charge is 2.32. The van der Waals surface area contributed by atoms with Gasteiger partial charge in [0.1, 0.15) is 0 Å². The monoisotopic (exact) mass is 255 g/mol. The second-order valence-electron chi connectivity index (χ2n) is 6.97. The van der Waals surface area contributed by atoms with Crippen molar-refractivity contribution in [1.82, 2.24) is 5.32 Å². The molecule has 0 bridgehead atoms. The highest BCUT2D eigenvalue weighted by Crippen LogP contribution is 2.34. The molecule has 0 amide bonds. The molecule has 2 nitrogen and oxygen atoms in total. The van der Waals surface area contributed by atoms with E-state index in [-0.39, 0.29) is 0 Å². The summed E-state index contributed by atoms with van der Waals surface area (Å²) >= 11 is 0. The second kappa shape index (κ2) is 8.16. The van der Waals surface area contributed by atoms with E-state index in [0.29, 0.717) is 5.41 Å². The molecule has 108 valence electrons. The Morgan fingerprint density at radius 2 is 1.94 bits per heavy atom. The molecule has 0 aromatic heterocycles. The lowest BCUT2D eigenvalue weighted by molar-refractivity contribution is -0.0138. The SMILES string of the molecule is CC(C)CCCC1(CNCC(C)C)CCCOC1. The minimum atomic E-state index is 0.419. The van der Waals surface area contributed by atoms with Crippen molar-refractivity contribution >= 4 is 0 Å². The van der Waals surface area contributed by atoms with Crippen molar-refractivity contribution in [3.8, 4) is 0 Å². The lowest BCUT2D eigenvalue weighted by atomic mass is 9.77. The number of hydrogen-bond donors (Lipinski definition) is 1. The lowest BCUT2D eigenvalue weighted by Crippen LogP contribution is -2.42. The van der Waals surface area contributed by atoms with Crippen LogP contribution in [0.2, 0.25) is 0 Å². The standard InChI is InChI=1S/C16H33NO/c1-14(2)7-5-8-16(9-6-10-18-13-16)12-17-11-15(3)4/h14-15,17H,5-13H2,1-4H3. The quantitative estimate of drug-likeness (QED) is 0.711. The summed E-state index contributed by atoms with van der Waals surface area (Å²) in [6.07, 6.45) is 6.62. The van der Waals surface area contributed by atoms with Crippen molar-refractivity contribution in [1.29, 1.82) is 0 Å². The average molecular weight is 255 g/mol. The zero-order chi connectivity index (χ0) is 13.4. The summed E-state index contributed by atoms with van der Waals surface area (Å²) in [5, 5.41) is 3.65. The molecule has 0 radical (unpaired) electrons. The van der Waals surface area contributed by atoms with E-state index in [1.54, 1.807) is 0 Å². The van der Waals surface area contributed by atoms with Crippen LogP contribution >= 0.6 is 0 Å². The zero-order valence-electron chi connectivity index (χ0n) is 12.9. The van der Waals surface area contributed by atoms with Gasteiger partial charge >= 0.3 is 0 Å². The van der Waals surface area contributed by atoms with Crippen molar-refractivity contribution in [3.63, 3.8) is 0 Å². The summed E-state index contributed by atoms with van der Waals surface area (Å²) in [7, 11) is 0. The van der Waals surface area contributed by atoms with Gasteiger partial charge in [-0.15, -0.1) is 0 Å². The minimum absolute atomic E-state index is 0.419. The number of hydrogen-bond acceptors (Lipinski definition) is 2. The molecular weight excluding hydrogens is 222 g/mol. The molecule has 0 aliphatic carbocycles. The van der Waals surface area contributed by atoms with Crippen LogP contribution in [0.3, 0.4) is 0 Å². The van der Waals surface area contributed by atoms with E-state index in [1.165, 1.54) is 32.1 Å². The molecule has 0 aromatic rings. The van der Waals surface area contributed by atoms with Gasteiger partial charge in [0.05, 0.1) is 6.61 Å². The zero-order valence-corrected chi connectivity index (χ0v) is 12.9. The van der Waals surface area contributed by atoms with Crippen LogP contribution in [-0.2, 0) is 4.74 Å². The Hall–Kier alpha value is -0.0800. The molecular formula is C16H33NO. The van der Waals surface area contributed by atoms with Gasteiger partial charge in [-0.2, -0.15) is 0 Å². The van der Waals surface area contributed by atoms with Crippen LogP contribution in [0.5, 0.6) is 0 Å². The number of nitrogens with one attached hydrogen (secondary N) is 1. The van der Waals surface area contributed by atoms with Crippen molar-refractivity contribution in [2.45, 2.75) is 59.8 Å². The van der Waals surface area contributed by atoms with E-state index < -0.39 is 0 Å². The fraction of sp³-hybridized carbons (Fsp3) is 1.00. The first-order chi connectivity index (χ1) is 8.54. The predicted octanol–water partition coefficient (Wildman–Crippen LogP) is 3.86. The van der Waals surface area contributed by atoms with Crippen molar-refractivity contribution in [2.75, 3.05) is 26.3 Å². The molecule has 1 N–H and O–H groups in total. The molecule has 1 rings (SSSR count). The van der Waals surface area contributed by atoms with Gasteiger partial charge in [-0.1, -0.05) is 40.5 Å². The highest BCUT2D eigenvalue weighted by atomic mass is 16.5. The van der Waals surface area contributed by atoms with Crippen LogP contribution in [-0.4, -0.2) is 26.3 Å². The van der Waals surface area contributed by atoms with Crippen LogP contribution in [0.4, 0.5) is 0 Å². The Morgan fingerprint density at radius 1 is 1.17 bits per heavy atom. The van der Waals surface area contributed by atoms with E-state index in [0.717, 1.165) is 38.1 Å². The molecule has 1 aliphatic rings. The topological polar surface area (TPSA) is 21.3 Å². The summed E-state index contributed by atoms with van der Waals surface area (Å²) in [4.78, 5) is 0. The van der Waals surface area contributed by atoms with Crippen molar-refractivity contribution in [3.05, 3.63) is 0 Å². The Morgan fingerprint density at radius 3 is 2.50 bits per heavy atom. The fourth-order valence-corrected chi connectivity index (χ4v) is 2.85. The summed E-state index contributed by atoms with van der Waals surface area (Å²) in [6, 6.07) is 0. The van der Waals surface area contributed by atoms with E-state index in [2.05, 4.69) is 33.0 Å². The van der Waals surface area contributed by atoms with Gasteiger partial charge in [-0.3, -0.25) is 0 Å². The molecule has 1 fully saturated rings. The van der Waals surface area contributed by atoms with Gasteiger partial charge in [0.25, 0.3) is 0 Å². The van der Waals surface area contributed by atoms with Crippen molar-refractivity contribution < 1.29 is 4.74 Å². The summed E-state index contributed by atoms with van der Waals surface area (Å²) < 4.78 is 5.76. The van der Waals surface area contributed by atoms with E-state index in [1.807, 2.05) is 0 Å². The van der Waals surface area contributed by atoms with E-state index in [9.17, 15) is 0 Å². The molecule has 1 unspecified atom stereocenters. The van der Waals surface area contributed by atoms with Gasteiger partial charge in [0.15, 0.2) is 0 Å². The molecule has 1 atom stereocenters. The average Bonchev–Trinajstić information content (AvgIpc) is 2.29. The van der Waals surface area contributed by atoms with Gasteiger partial charge in [-0.25, -0.2) is 0 Å². The third-order valence-electron chi connectivity index (χ3n) is 3.95. The third kappa shape index (κ3) is 6.19. The molecule has 18 heavy (non-hydrogen) atoms. The number of rotatable bonds is 8. The molecule has 0 aromatic carbocycles. The van der Waals surface area contributed by atoms with Crippen LogP contribution in [0.25, 0.3) is 0 Å². The Bertz CT molecular complexity index is 191. The molecule has 0 saturated carbocycles. The van der Waals surface area contributed by atoms with Gasteiger partial charge in [0.2, 0.25) is 0 Å². The normalized spacial score (nSPS) is 25.0. The van der Waals surface area contributed by atoms with E-state index >= 15 is 0 Å². The van der Waals surface area contributed by atoms with Gasteiger partial charge < -0.3 is 10.1 Å². The minimum Gasteiger partial charge on any atom is -0.381 e. The van der Waals surface area contributed by atoms with Gasteiger partial charge in [0, 0.05) is 18.6 Å². The molecule has 2 heteroatoms. The largest absolute Gasteiger partial charge is 0.381 e. The summed E-state index contributed by atoms with van der Waals surface area (Å²) in [6.45, 7) is 13.4.